The van der Waals surface area contributed by atoms with Gasteiger partial charge < -0.3 is 25.2 Å². The van der Waals surface area contributed by atoms with E-state index in [4.69, 9.17) is 4.74 Å². The summed E-state index contributed by atoms with van der Waals surface area (Å²) in [7, 11) is 0. The van der Waals surface area contributed by atoms with Crippen LogP contribution in [0.3, 0.4) is 0 Å². The minimum absolute atomic E-state index is 0.00508. The number of Topliss-reactive ketones (excluding diaryl/α,β-unsaturated/α-hetero) is 2. The molecule has 0 spiro atoms. The second kappa shape index (κ2) is 7.75. The van der Waals surface area contributed by atoms with Crippen LogP contribution in [0.1, 0.15) is 55.1 Å². The number of amides is 1. The number of likely N-dealkylation sites (tertiary alicyclic amines) is 1. The van der Waals surface area contributed by atoms with E-state index in [1.54, 1.807) is 11.8 Å². The number of phenols is 2. The van der Waals surface area contributed by atoms with Gasteiger partial charge >= 0.3 is 0 Å². The number of nitrogens with one attached hydrogen (secondary N) is 1. The highest BCUT2D eigenvalue weighted by molar-refractivity contribution is 6.31. The molecule has 174 valence electrons. The molecular formula is C24H26N2O7. The lowest BCUT2D eigenvalue weighted by Crippen LogP contribution is -2.41. The molecule has 1 atom stereocenters. The zero-order chi connectivity index (χ0) is 24.2. The van der Waals surface area contributed by atoms with E-state index in [9.17, 15) is 29.4 Å². The van der Waals surface area contributed by atoms with Gasteiger partial charge in [0.1, 0.15) is 34.0 Å². The van der Waals surface area contributed by atoms with Crippen molar-refractivity contribution in [3.8, 4) is 17.2 Å². The number of ether oxygens (including phenoxy) is 1. The molecule has 1 saturated heterocycles. The van der Waals surface area contributed by atoms with Crippen LogP contribution in [0.15, 0.2) is 23.1 Å². The van der Waals surface area contributed by atoms with Gasteiger partial charge in [0.05, 0.1) is 11.1 Å². The van der Waals surface area contributed by atoms with Crippen molar-refractivity contribution in [1.82, 2.24) is 10.2 Å². The van der Waals surface area contributed by atoms with Gasteiger partial charge in [-0.2, -0.15) is 0 Å². The average Bonchev–Trinajstić information content (AvgIpc) is 3.27. The number of ketones is 3. The van der Waals surface area contributed by atoms with Gasteiger partial charge in [-0.3, -0.25) is 19.2 Å². The molecule has 0 radical (unpaired) electrons. The minimum atomic E-state index is -1.54. The Labute approximate surface area is 190 Å². The van der Waals surface area contributed by atoms with E-state index in [0.29, 0.717) is 31.8 Å². The smallest absolute Gasteiger partial charge is 0.222 e. The SMILES string of the molecule is CC(=O)c1c(O)c(C)c(O)c2c1OC1=CC(=O)/C(=C(/C)NCCN3CCCC3=O)C(=O)[C@]12C. The number of aromatic hydroxyl groups is 2. The summed E-state index contributed by atoms with van der Waals surface area (Å²) in [4.78, 5) is 52.3. The second-order valence-electron chi connectivity index (χ2n) is 8.80. The van der Waals surface area contributed by atoms with Gasteiger partial charge in [-0.15, -0.1) is 0 Å². The number of benzene rings is 1. The molecule has 33 heavy (non-hydrogen) atoms. The van der Waals surface area contributed by atoms with Crippen LogP contribution in [0, 0.1) is 6.92 Å². The van der Waals surface area contributed by atoms with Crippen molar-refractivity contribution in [2.75, 3.05) is 19.6 Å². The zero-order valence-electron chi connectivity index (χ0n) is 19.0. The molecule has 9 nitrogen and oxygen atoms in total. The minimum Gasteiger partial charge on any atom is -0.507 e. The van der Waals surface area contributed by atoms with Crippen molar-refractivity contribution in [2.24, 2.45) is 0 Å². The van der Waals surface area contributed by atoms with Crippen LogP contribution in [0.25, 0.3) is 0 Å². The third kappa shape index (κ3) is 3.21. The first kappa shape index (κ1) is 22.6. The Morgan fingerprint density at radius 2 is 1.91 bits per heavy atom. The second-order valence-corrected chi connectivity index (χ2v) is 8.80. The molecular weight excluding hydrogens is 428 g/mol. The zero-order valence-corrected chi connectivity index (χ0v) is 19.0. The third-order valence-corrected chi connectivity index (χ3v) is 6.70. The standard InChI is InChI=1S/C24H26N2O7/c1-11-20(30)18(13(3)27)22-19(21(11)31)24(4)15(33-22)10-14(28)17(23(24)32)12(2)25-7-9-26-8-5-6-16(26)29/h10,25,30-31H,5-9H2,1-4H3/b17-12+/t24-/m1/s1. The number of hydrogen-bond acceptors (Lipinski definition) is 8. The van der Waals surface area contributed by atoms with Crippen LogP contribution in [0.2, 0.25) is 0 Å². The normalized spacial score (nSPS) is 23.2. The van der Waals surface area contributed by atoms with Gasteiger partial charge in [0.15, 0.2) is 17.3 Å². The van der Waals surface area contributed by atoms with Crippen LogP contribution in [0.4, 0.5) is 0 Å². The van der Waals surface area contributed by atoms with E-state index >= 15 is 0 Å². The molecule has 0 bridgehead atoms. The molecule has 3 N–H and O–H groups in total. The van der Waals surface area contributed by atoms with Crippen LogP contribution in [-0.2, 0) is 19.8 Å². The predicted octanol–water partition coefficient (Wildman–Crippen LogP) is 1.78. The maximum atomic E-state index is 13.7. The molecule has 0 aromatic heterocycles. The number of carbonyl (C=O) groups is 4. The maximum absolute atomic E-state index is 13.7. The van der Waals surface area contributed by atoms with Crippen molar-refractivity contribution in [3.63, 3.8) is 0 Å². The Hall–Kier alpha value is -3.62. The first-order chi connectivity index (χ1) is 15.5. The van der Waals surface area contributed by atoms with Crippen molar-refractivity contribution in [1.29, 1.82) is 0 Å². The fraction of sp³-hybridized carbons (Fsp3) is 0.417. The first-order valence-corrected chi connectivity index (χ1v) is 10.8. The van der Waals surface area contributed by atoms with Crippen molar-refractivity contribution in [2.45, 2.75) is 46.0 Å². The molecule has 0 unspecified atom stereocenters. The number of hydrogen-bond donors (Lipinski definition) is 3. The number of rotatable bonds is 5. The topological polar surface area (TPSA) is 133 Å². The van der Waals surface area contributed by atoms with Crippen LogP contribution < -0.4 is 10.1 Å². The largest absolute Gasteiger partial charge is 0.507 e. The maximum Gasteiger partial charge on any atom is 0.222 e. The fourth-order valence-corrected chi connectivity index (χ4v) is 4.77. The highest BCUT2D eigenvalue weighted by Crippen LogP contribution is 2.57. The molecule has 1 amide bonds. The van der Waals surface area contributed by atoms with Crippen LogP contribution in [0.5, 0.6) is 17.2 Å². The van der Waals surface area contributed by atoms with E-state index in [-0.39, 0.29) is 45.4 Å². The molecule has 1 fully saturated rings. The van der Waals surface area contributed by atoms with Crippen molar-refractivity contribution < 1.29 is 34.1 Å². The first-order valence-electron chi connectivity index (χ1n) is 10.8. The van der Waals surface area contributed by atoms with Crippen molar-refractivity contribution in [3.05, 3.63) is 39.8 Å². The number of nitrogens with zero attached hydrogens (tertiary/aromatic N) is 1. The summed E-state index contributed by atoms with van der Waals surface area (Å²) in [6.45, 7) is 7.33. The van der Waals surface area contributed by atoms with Gasteiger partial charge in [0.2, 0.25) is 5.91 Å². The molecule has 1 aromatic carbocycles. The summed E-state index contributed by atoms with van der Waals surface area (Å²) in [5.41, 5.74) is -1.32. The molecule has 9 heteroatoms. The fourth-order valence-electron chi connectivity index (χ4n) is 4.77. The number of allylic oxidation sites excluding steroid dienone is 4. The monoisotopic (exact) mass is 454 g/mol. The highest BCUT2D eigenvalue weighted by atomic mass is 16.5. The summed E-state index contributed by atoms with van der Waals surface area (Å²) >= 11 is 0. The van der Waals surface area contributed by atoms with E-state index in [0.717, 1.165) is 6.42 Å². The summed E-state index contributed by atoms with van der Waals surface area (Å²) in [5, 5.41) is 24.3. The Kier molecular flexibility index (Phi) is 5.30. The molecule has 1 aromatic rings. The lowest BCUT2D eigenvalue weighted by molar-refractivity contribution is -0.128. The molecule has 4 rings (SSSR count). The molecule has 2 heterocycles. The van der Waals surface area contributed by atoms with E-state index in [1.807, 2.05) is 0 Å². The quantitative estimate of drug-likeness (QED) is 0.348. The summed E-state index contributed by atoms with van der Waals surface area (Å²) in [6.07, 6.45) is 2.53. The van der Waals surface area contributed by atoms with Crippen molar-refractivity contribution >= 4 is 23.3 Å². The van der Waals surface area contributed by atoms with Gasteiger partial charge in [-0.1, -0.05) is 0 Å². The number of phenolic OH excluding ortho intramolecular Hbond substituents is 2. The van der Waals surface area contributed by atoms with Gasteiger partial charge in [0.25, 0.3) is 0 Å². The van der Waals surface area contributed by atoms with Crippen LogP contribution >= 0.6 is 0 Å². The van der Waals surface area contributed by atoms with E-state index in [2.05, 4.69) is 5.32 Å². The lowest BCUT2D eigenvalue weighted by Gasteiger charge is -2.29. The summed E-state index contributed by atoms with van der Waals surface area (Å²) < 4.78 is 5.74. The van der Waals surface area contributed by atoms with Gasteiger partial charge in [-0.05, 0) is 34.1 Å². The Balaban J connectivity index is 1.74. The summed E-state index contributed by atoms with van der Waals surface area (Å²) in [5.74, 6) is -2.47. The third-order valence-electron chi connectivity index (χ3n) is 6.70. The average molecular weight is 454 g/mol. The van der Waals surface area contributed by atoms with E-state index in [1.165, 1.54) is 26.8 Å². The van der Waals surface area contributed by atoms with Gasteiger partial charge in [-0.25, -0.2) is 0 Å². The molecule has 3 aliphatic rings. The molecule has 0 saturated carbocycles. The Bertz CT molecular complexity index is 1190. The lowest BCUT2D eigenvalue weighted by atomic mass is 9.70. The summed E-state index contributed by atoms with van der Waals surface area (Å²) in [6, 6.07) is 0. The van der Waals surface area contributed by atoms with E-state index < -0.39 is 28.5 Å². The molecule has 1 aliphatic carbocycles. The van der Waals surface area contributed by atoms with Crippen LogP contribution in [-0.4, -0.2) is 58.0 Å². The predicted molar refractivity (Wildman–Crippen MR) is 117 cm³/mol. The Morgan fingerprint density at radius 3 is 2.52 bits per heavy atom. The number of fused-ring (bicyclic) bond motifs is 3. The molecule has 2 aliphatic heterocycles. The Morgan fingerprint density at radius 1 is 1.21 bits per heavy atom. The number of carbonyl (C=O) groups excluding carboxylic acids is 4. The highest BCUT2D eigenvalue weighted by Gasteiger charge is 2.56. The van der Waals surface area contributed by atoms with Gasteiger partial charge in [0, 0.05) is 43.4 Å².